The number of nitrogens with zero attached hydrogens (tertiary/aromatic N) is 1. The van der Waals surface area contributed by atoms with Gasteiger partial charge in [0, 0.05) is 15.5 Å². The zero-order valence-corrected chi connectivity index (χ0v) is 22.4. The highest BCUT2D eigenvalue weighted by Crippen LogP contribution is 2.39. The van der Waals surface area contributed by atoms with Gasteiger partial charge >= 0.3 is 17.8 Å². The smallest absolute Gasteiger partial charge is 0.341 e. The molecule has 4 rings (SSSR count). The summed E-state index contributed by atoms with van der Waals surface area (Å²) < 4.78 is 16.4. The first-order valence-electron chi connectivity index (χ1n) is 11.9. The van der Waals surface area contributed by atoms with Crippen molar-refractivity contribution in [1.82, 2.24) is 5.43 Å². The minimum absolute atomic E-state index is 0.214. The van der Waals surface area contributed by atoms with Crippen molar-refractivity contribution in [1.29, 1.82) is 0 Å². The van der Waals surface area contributed by atoms with E-state index in [4.69, 9.17) is 25.8 Å². The third-order valence-corrected chi connectivity index (χ3v) is 7.32. The van der Waals surface area contributed by atoms with Gasteiger partial charge in [-0.05, 0) is 61.6 Å². The van der Waals surface area contributed by atoms with Crippen molar-refractivity contribution in [3.05, 3.63) is 74.6 Å². The van der Waals surface area contributed by atoms with Gasteiger partial charge in [0.25, 0.3) is 0 Å². The fraction of sp³-hybridized carbons (Fsp3) is 0.259. The Morgan fingerprint density at radius 1 is 1.11 bits per heavy atom. The van der Waals surface area contributed by atoms with Crippen molar-refractivity contribution in [2.24, 2.45) is 5.10 Å². The van der Waals surface area contributed by atoms with Gasteiger partial charge in [-0.3, -0.25) is 9.59 Å². The molecule has 3 aromatic rings. The molecule has 0 bridgehead atoms. The average molecular weight is 556 g/mol. The number of methoxy groups -OCH3 is 1. The van der Waals surface area contributed by atoms with Gasteiger partial charge in [0.2, 0.25) is 0 Å². The number of hydrazone groups is 1. The zero-order chi connectivity index (χ0) is 27.1. The molecule has 2 aromatic carbocycles. The number of halogens is 1. The molecule has 1 aliphatic rings. The van der Waals surface area contributed by atoms with E-state index >= 15 is 0 Å². The molecule has 198 valence electrons. The van der Waals surface area contributed by atoms with Gasteiger partial charge in [-0.2, -0.15) is 5.10 Å². The molecule has 0 atom stereocenters. The predicted octanol–water partition coefficient (Wildman–Crippen LogP) is 4.74. The number of anilines is 1. The number of nitrogens with one attached hydrogen (secondary N) is 2. The molecule has 0 fully saturated rings. The third kappa shape index (κ3) is 6.32. The van der Waals surface area contributed by atoms with Gasteiger partial charge in [-0.25, -0.2) is 10.2 Å². The molecule has 1 aromatic heterocycles. The lowest BCUT2D eigenvalue weighted by molar-refractivity contribution is -0.136. The SMILES string of the molecule is CCOC(=O)c1c(NC(=O)C(=O)NN=Cc2ccc(OCc3ccccc3Cl)c(OC)c2)sc2c1CCC2. The van der Waals surface area contributed by atoms with E-state index in [2.05, 4.69) is 15.8 Å². The highest BCUT2D eigenvalue weighted by Gasteiger charge is 2.29. The predicted molar refractivity (Wildman–Crippen MR) is 145 cm³/mol. The first-order valence-corrected chi connectivity index (χ1v) is 13.1. The van der Waals surface area contributed by atoms with E-state index in [0.29, 0.717) is 32.6 Å². The van der Waals surface area contributed by atoms with Crippen molar-refractivity contribution < 1.29 is 28.6 Å². The van der Waals surface area contributed by atoms with Crippen LogP contribution in [-0.2, 0) is 33.8 Å². The van der Waals surface area contributed by atoms with Crippen molar-refractivity contribution in [3.63, 3.8) is 0 Å². The Hall–Kier alpha value is -3.89. The fourth-order valence-electron chi connectivity index (χ4n) is 3.94. The molecule has 0 saturated heterocycles. The van der Waals surface area contributed by atoms with Gasteiger partial charge in [-0.15, -0.1) is 11.3 Å². The van der Waals surface area contributed by atoms with Crippen LogP contribution in [0.25, 0.3) is 0 Å². The van der Waals surface area contributed by atoms with Crippen LogP contribution in [0.5, 0.6) is 11.5 Å². The number of fused-ring (bicyclic) bond motifs is 1. The molecule has 0 saturated carbocycles. The molecule has 1 aliphatic carbocycles. The normalized spacial score (nSPS) is 12.2. The van der Waals surface area contributed by atoms with Gasteiger partial charge in [0.15, 0.2) is 11.5 Å². The number of esters is 1. The van der Waals surface area contributed by atoms with Crippen molar-refractivity contribution in [3.8, 4) is 11.5 Å². The lowest BCUT2D eigenvalue weighted by Crippen LogP contribution is -2.32. The third-order valence-electron chi connectivity index (χ3n) is 5.74. The molecule has 9 nitrogen and oxygen atoms in total. The van der Waals surface area contributed by atoms with Gasteiger partial charge in [0.05, 0.1) is 25.5 Å². The number of amides is 2. The number of thiophene rings is 1. The Kier molecular flexibility index (Phi) is 8.98. The molecular formula is C27H26ClN3O6S. The summed E-state index contributed by atoms with van der Waals surface area (Å²) in [6.45, 7) is 2.19. The zero-order valence-electron chi connectivity index (χ0n) is 20.8. The molecule has 11 heteroatoms. The van der Waals surface area contributed by atoms with Crippen LogP contribution in [0.1, 0.15) is 45.3 Å². The summed E-state index contributed by atoms with van der Waals surface area (Å²) in [4.78, 5) is 38.3. The first kappa shape index (κ1) is 27.2. The van der Waals surface area contributed by atoms with Gasteiger partial charge in [0.1, 0.15) is 11.6 Å². The Morgan fingerprint density at radius 3 is 2.68 bits per heavy atom. The molecule has 2 N–H and O–H groups in total. The first-order chi connectivity index (χ1) is 18.4. The molecular weight excluding hydrogens is 530 g/mol. The molecule has 2 amide bonds. The summed E-state index contributed by atoms with van der Waals surface area (Å²) in [6.07, 6.45) is 3.87. The quantitative estimate of drug-likeness (QED) is 0.170. The second kappa shape index (κ2) is 12.6. The molecule has 38 heavy (non-hydrogen) atoms. The monoisotopic (exact) mass is 555 g/mol. The number of benzene rings is 2. The van der Waals surface area contributed by atoms with Crippen LogP contribution in [-0.4, -0.2) is 37.7 Å². The number of carbonyl (C=O) groups excluding carboxylic acids is 3. The highest BCUT2D eigenvalue weighted by molar-refractivity contribution is 7.17. The molecule has 0 spiro atoms. The number of hydrogen-bond acceptors (Lipinski definition) is 8. The molecule has 0 aliphatic heterocycles. The lowest BCUT2D eigenvalue weighted by atomic mass is 10.1. The number of ether oxygens (including phenoxy) is 3. The fourth-order valence-corrected chi connectivity index (χ4v) is 5.41. The van der Waals surface area contributed by atoms with Crippen molar-refractivity contribution >= 4 is 51.9 Å². The van der Waals surface area contributed by atoms with Crippen molar-refractivity contribution in [2.75, 3.05) is 19.0 Å². The van der Waals surface area contributed by atoms with Gasteiger partial charge in [-0.1, -0.05) is 29.8 Å². The Morgan fingerprint density at radius 2 is 1.92 bits per heavy atom. The standard InChI is InChI=1S/C27H26ClN3O6S/c1-3-36-27(34)23-18-8-6-10-22(18)38-26(23)30-24(32)25(33)31-29-14-16-11-12-20(21(13-16)35-2)37-15-17-7-4-5-9-19(17)28/h4-5,7,9,11-14H,3,6,8,10,15H2,1-2H3,(H,30,32)(H,31,33). The molecule has 0 radical (unpaired) electrons. The van der Waals surface area contributed by atoms with Crippen LogP contribution in [0.3, 0.4) is 0 Å². The van der Waals surface area contributed by atoms with Gasteiger partial charge < -0.3 is 19.5 Å². The van der Waals surface area contributed by atoms with Crippen LogP contribution in [0, 0.1) is 0 Å². The van der Waals surface area contributed by atoms with E-state index in [1.807, 2.05) is 18.2 Å². The number of hydrogen-bond donors (Lipinski definition) is 2. The average Bonchev–Trinajstić information content (AvgIpc) is 3.49. The number of carbonyl (C=O) groups is 3. The minimum Gasteiger partial charge on any atom is -0.493 e. The summed E-state index contributed by atoms with van der Waals surface area (Å²) in [5.41, 5.74) is 4.86. The van der Waals surface area contributed by atoms with Crippen LogP contribution in [0.15, 0.2) is 47.6 Å². The van der Waals surface area contributed by atoms with E-state index in [9.17, 15) is 14.4 Å². The molecule has 0 unspecified atom stereocenters. The van der Waals surface area contributed by atoms with E-state index < -0.39 is 17.8 Å². The largest absolute Gasteiger partial charge is 0.493 e. The van der Waals surface area contributed by atoms with Crippen LogP contribution in [0.2, 0.25) is 5.02 Å². The van der Waals surface area contributed by atoms with Crippen LogP contribution >= 0.6 is 22.9 Å². The second-order valence-electron chi connectivity index (χ2n) is 8.23. The molecule has 1 heterocycles. The lowest BCUT2D eigenvalue weighted by Gasteiger charge is -2.12. The van der Waals surface area contributed by atoms with Crippen LogP contribution < -0.4 is 20.2 Å². The van der Waals surface area contributed by atoms with Crippen LogP contribution in [0.4, 0.5) is 5.00 Å². The summed E-state index contributed by atoms with van der Waals surface area (Å²) in [7, 11) is 1.51. The summed E-state index contributed by atoms with van der Waals surface area (Å²) >= 11 is 7.47. The maximum Gasteiger partial charge on any atom is 0.341 e. The summed E-state index contributed by atoms with van der Waals surface area (Å²) in [5.74, 6) is -1.45. The Bertz CT molecular complexity index is 1390. The minimum atomic E-state index is -0.976. The topological polar surface area (TPSA) is 115 Å². The number of aryl methyl sites for hydroxylation is 1. The summed E-state index contributed by atoms with van der Waals surface area (Å²) in [5, 5.41) is 7.32. The maximum absolute atomic E-state index is 12.5. The van der Waals surface area contributed by atoms with E-state index in [-0.39, 0.29) is 13.2 Å². The van der Waals surface area contributed by atoms with E-state index in [0.717, 1.165) is 35.3 Å². The van der Waals surface area contributed by atoms with Crippen molar-refractivity contribution in [2.45, 2.75) is 32.8 Å². The second-order valence-corrected chi connectivity index (χ2v) is 9.74. The van der Waals surface area contributed by atoms with E-state index in [1.54, 1.807) is 31.2 Å². The van der Waals surface area contributed by atoms with E-state index in [1.165, 1.54) is 24.7 Å². The summed E-state index contributed by atoms with van der Waals surface area (Å²) in [6, 6.07) is 12.5. The highest BCUT2D eigenvalue weighted by atomic mass is 35.5. The Labute approximate surface area is 228 Å². The maximum atomic E-state index is 12.5. The Balaban J connectivity index is 1.36. The number of rotatable bonds is 9.